The fourth-order valence-corrected chi connectivity index (χ4v) is 9.59. The number of hydrogen-bond donors (Lipinski definition) is 0. The van der Waals surface area contributed by atoms with Crippen LogP contribution in [-0.2, 0) is 5.41 Å². The van der Waals surface area contributed by atoms with Gasteiger partial charge in [-0.25, -0.2) is 0 Å². The molecule has 0 aliphatic heterocycles. The lowest BCUT2D eigenvalue weighted by molar-refractivity contribution is 0.660. The fraction of sp³-hybridized carbons (Fsp3) is 0.0545. The maximum atomic E-state index is 6.20. The van der Waals surface area contributed by atoms with Crippen LogP contribution in [0.25, 0.3) is 88.0 Å². The largest absolute Gasteiger partial charge is 0.456 e. The molecule has 1 aliphatic rings. The molecule has 0 spiro atoms. The monoisotopic (exact) mass is 743 g/mol. The molecule has 2 heterocycles. The van der Waals surface area contributed by atoms with E-state index in [-0.39, 0.29) is 5.41 Å². The number of furan rings is 2. The number of anilines is 3. The lowest BCUT2D eigenvalue weighted by atomic mass is 9.82. The van der Waals surface area contributed by atoms with Gasteiger partial charge in [-0.2, -0.15) is 0 Å². The molecule has 3 nitrogen and oxygen atoms in total. The highest BCUT2D eigenvalue weighted by Crippen LogP contribution is 2.51. The summed E-state index contributed by atoms with van der Waals surface area (Å²) in [5.74, 6) is 0. The lowest BCUT2D eigenvalue weighted by Crippen LogP contribution is -2.16. The van der Waals surface area contributed by atoms with Gasteiger partial charge in [-0.15, -0.1) is 0 Å². The first-order valence-corrected chi connectivity index (χ1v) is 20.0. The van der Waals surface area contributed by atoms with Crippen molar-refractivity contribution >= 4 is 71.7 Å². The Morgan fingerprint density at radius 3 is 1.59 bits per heavy atom. The molecule has 11 aromatic rings. The van der Waals surface area contributed by atoms with Gasteiger partial charge < -0.3 is 13.7 Å². The average Bonchev–Trinajstić information content (AvgIpc) is 3.91. The zero-order valence-electron chi connectivity index (χ0n) is 32.2. The molecular weight excluding hydrogens is 707 g/mol. The van der Waals surface area contributed by atoms with Crippen LogP contribution in [-0.4, -0.2) is 0 Å². The second kappa shape index (κ2) is 12.3. The van der Waals surface area contributed by atoms with Crippen molar-refractivity contribution in [1.82, 2.24) is 0 Å². The van der Waals surface area contributed by atoms with Crippen molar-refractivity contribution in [3.05, 3.63) is 199 Å². The van der Waals surface area contributed by atoms with Crippen LogP contribution in [0.15, 0.2) is 197 Å². The molecule has 0 saturated carbocycles. The van der Waals surface area contributed by atoms with Crippen LogP contribution in [0.2, 0.25) is 0 Å². The van der Waals surface area contributed by atoms with Gasteiger partial charge in [-0.3, -0.25) is 0 Å². The molecule has 274 valence electrons. The standard InChI is InChI=1S/C55H37NO2/c1-55(2)48-16-8-5-12-41(48)42-26-25-38(33-49(42)55)56(37-23-19-34(20-24-37)35-21-29-53-46(31-35)44-14-6-9-17-51(44)57-53)50-28-27-39(40-11-3-4-13-43(40)50)36-22-30-54-47(32-36)45-15-7-10-18-52(45)58-54/h3-33H,1-2H3. The van der Waals surface area contributed by atoms with Crippen molar-refractivity contribution in [2.24, 2.45) is 0 Å². The predicted molar refractivity (Wildman–Crippen MR) is 242 cm³/mol. The number of nitrogens with zero attached hydrogens (tertiary/aromatic N) is 1. The van der Waals surface area contributed by atoms with Crippen LogP contribution in [0, 0.1) is 0 Å². The predicted octanol–water partition coefficient (Wildman–Crippen LogP) is 15.7. The Kier molecular flexibility index (Phi) is 6.98. The van der Waals surface area contributed by atoms with Crippen molar-refractivity contribution in [3.63, 3.8) is 0 Å². The third-order valence-electron chi connectivity index (χ3n) is 12.5. The maximum Gasteiger partial charge on any atom is 0.135 e. The SMILES string of the molecule is CC1(C)c2ccccc2-c2ccc(N(c3ccc(-c4ccc5oc6ccccc6c5c4)cc3)c3ccc(-c4ccc5oc6ccccc6c5c4)c4ccccc34)cc21. The molecule has 58 heavy (non-hydrogen) atoms. The zero-order valence-corrected chi connectivity index (χ0v) is 32.2. The summed E-state index contributed by atoms with van der Waals surface area (Å²) in [6.45, 7) is 4.70. The van der Waals surface area contributed by atoms with Crippen LogP contribution >= 0.6 is 0 Å². The summed E-state index contributed by atoms with van der Waals surface area (Å²) in [7, 11) is 0. The number of benzene rings is 9. The van der Waals surface area contributed by atoms with Crippen LogP contribution < -0.4 is 4.90 Å². The normalized spacial score (nSPS) is 13.1. The van der Waals surface area contributed by atoms with Crippen LogP contribution in [0.3, 0.4) is 0 Å². The Morgan fingerprint density at radius 2 is 0.862 bits per heavy atom. The Balaban J connectivity index is 1.02. The zero-order chi connectivity index (χ0) is 38.5. The van der Waals surface area contributed by atoms with E-state index in [1.807, 2.05) is 24.3 Å². The van der Waals surface area contributed by atoms with E-state index in [4.69, 9.17) is 8.83 Å². The number of fused-ring (bicyclic) bond motifs is 10. The summed E-state index contributed by atoms with van der Waals surface area (Å²) in [6, 6.07) is 68.0. The molecule has 12 rings (SSSR count). The molecule has 0 bridgehead atoms. The highest BCUT2D eigenvalue weighted by molar-refractivity contribution is 6.10. The average molecular weight is 744 g/mol. The smallest absolute Gasteiger partial charge is 0.135 e. The number of rotatable bonds is 5. The minimum atomic E-state index is -0.130. The van der Waals surface area contributed by atoms with Gasteiger partial charge in [-0.05, 0) is 117 Å². The first-order chi connectivity index (χ1) is 28.5. The van der Waals surface area contributed by atoms with E-state index in [0.29, 0.717) is 0 Å². The highest BCUT2D eigenvalue weighted by Gasteiger charge is 2.36. The van der Waals surface area contributed by atoms with Gasteiger partial charge in [-0.1, -0.05) is 135 Å². The molecule has 0 fully saturated rings. The summed E-state index contributed by atoms with van der Waals surface area (Å²) < 4.78 is 12.4. The number of para-hydroxylation sites is 2. The van der Waals surface area contributed by atoms with Crippen LogP contribution in [0.4, 0.5) is 17.1 Å². The highest BCUT2D eigenvalue weighted by atomic mass is 16.3. The molecule has 0 amide bonds. The summed E-state index contributed by atoms with van der Waals surface area (Å²) in [6.07, 6.45) is 0. The van der Waals surface area contributed by atoms with E-state index in [2.05, 4.69) is 183 Å². The summed E-state index contributed by atoms with van der Waals surface area (Å²) >= 11 is 0. The number of hydrogen-bond acceptors (Lipinski definition) is 3. The molecule has 2 aromatic heterocycles. The molecule has 9 aromatic carbocycles. The first-order valence-electron chi connectivity index (χ1n) is 20.0. The first kappa shape index (κ1) is 32.8. The molecule has 1 aliphatic carbocycles. The Labute approximate surface area is 336 Å². The van der Waals surface area contributed by atoms with Crippen molar-refractivity contribution in [2.45, 2.75) is 19.3 Å². The van der Waals surface area contributed by atoms with E-state index in [1.165, 1.54) is 38.6 Å². The minimum Gasteiger partial charge on any atom is -0.456 e. The topological polar surface area (TPSA) is 29.5 Å². The molecule has 0 N–H and O–H groups in total. The van der Waals surface area contributed by atoms with Gasteiger partial charge in [0.2, 0.25) is 0 Å². The van der Waals surface area contributed by atoms with E-state index in [9.17, 15) is 0 Å². The molecular formula is C55H37NO2. The van der Waals surface area contributed by atoms with Crippen LogP contribution in [0.1, 0.15) is 25.0 Å². The Hall–Kier alpha value is -7.36. The molecule has 0 radical (unpaired) electrons. The van der Waals surface area contributed by atoms with Crippen molar-refractivity contribution in [3.8, 4) is 33.4 Å². The lowest BCUT2D eigenvalue weighted by Gasteiger charge is -2.29. The van der Waals surface area contributed by atoms with Gasteiger partial charge >= 0.3 is 0 Å². The second-order valence-corrected chi connectivity index (χ2v) is 16.1. The van der Waals surface area contributed by atoms with Crippen molar-refractivity contribution in [1.29, 1.82) is 0 Å². The van der Waals surface area contributed by atoms with Gasteiger partial charge in [0.25, 0.3) is 0 Å². The molecule has 0 unspecified atom stereocenters. The van der Waals surface area contributed by atoms with E-state index in [0.717, 1.165) is 77.6 Å². The van der Waals surface area contributed by atoms with Gasteiger partial charge in [0.1, 0.15) is 22.3 Å². The Morgan fingerprint density at radius 1 is 0.345 bits per heavy atom. The minimum absolute atomic E-state index is 0.130. The maximum absolute atomic E-state index is 6.20. The van der Waals surface area contributed by atoms with Crippen molar-refractivity contribution < 1.29 is 8.83 Å². The van der Waals surface area contributed by atoms with E-state index >= 15 is 0 Å². The van der Waals surface area contributed by atoms with E-state index in [1.54, 1.807) is 0 Å². The third-order valence-corrected chi connectivity index (χ3v) is 12.5. The summed E-state index contributed by atoms with van der Waals surface area (Å²) in [4.78, 5) is 2.44. The quantitative estimate of drug-likeness (QED) is 0.176. The second-order valence-electron chi connectivity index (χ2n) is 16.1. The fourth-order valence-electron chi connectivity index (χ4n) is 9.59. The van der Waals surface area contributed by atoms with E-state index < -0.39 is 0 Å². The summed E-state index contributed by atoms with van der Waals surface area (Å²) in [5, 5.41) is 6.91. The van der Waals surface area contributed by atoms with Gasteiger partial charge in [0, 0.05) is 43.7 Å². The van der Waals surface area contributed by atoms with Gasteiger partial charge in [0.05, 0.1) is 5.69 Å². The van der Waals surface area contributed by atoms with Gasteiger partial charge in [0.15, 0.2) is 0 Å². The van der Waals surface area contributed by atoms with Crippen molar-refractivity contribution in [2.75, 3.05) is 4.90 Å². The molecule has 0 saturated heterocycles. The Bertz CT molecular complexity index is 3440. The molecule has 0 atom stereocenters. The third kappa shape index (κ3) is 4.86. The summed E-state index contributed by atoms with van der Waals surface area (Å²) in [5.41, 5.74) is 16.9. The van der Waals surface area contributed by atoms with Crippen LogP contribution in [0.5, 0.6) is 0 Å². The molecule has 3 heteroatoms.